The van der Waals surface area contributed by atoms with Gasteiger partial charge in [0, 0.05) is 24.1 Å². The molecule has 174 valence electrons. The molecule has 2 amide bonds. The number of anilines is 2. The van der Waals surface area contributed by atoms with Crippen LogP contribution in [0.2, 0.25) is 5.02 Å². The molecule has 4 aromatic rings. The molecule has 4 rings (SSSR count). The second kappa shape index (κ2) is 9.63. The third kappa shape index (κ3) is 4.99. The number of hydrogen-bond acceptors (Lipinski definition) is 7. The van der Waals surface area contributed by atoms with Gasteiger partial charge in [0.25, 0.3) is 11.6 Å². The molecular weight excluding hydrogens is 468 g/mol. The molecule has 2 N–H and O–H groups in total. The van der Waals surface area contributed by atoms with Crippen molar-refractivity contribution in [2.45, 2.75) is 19.4 Å². The summed E-state index contributed by atoms with van der Waals surface area (Å²) in [5, 5.41) is 16.6. The number of furan rings is 1. The van der Waals surface area contributed by atoms with Gasteiger partial charge in [-0.25, -0.2) is 4.79 Å². The van der Waals surface area contributed by atoms with Crippen LogP contribution in [-0.4, -0.2) is 21.3 Å². The van der Waals surface area contributed by atoms with Gasteiger partial charge in [-0.2, -0.15) is 0 Å². The van der Waals surface area contributed by atoms with Crippen molar-refractivity contribution in [2.75, 3.05) is 10.6 Å². The highest BCUT2D eigenvalue weighted by Gasteiger charge is 2.16. The summed E-state index contributed by atoms with van der Waals surface area (Å²) in [4.78, 5) is 47.2. The third-order valence-electron chi connectivity index (χ3n) is 4.90. The van der Waals surface area contributed by atoms with Gasteiger partial charge in [0.05, 0.1) is 34.1 Å². The van der Waals surface area contributed by atoms with E-state index in [4.69, 9.17) is 20.4 Å². The molecule has 0 aliphatic carbocycles. The Hall–Kier alpha value is -4.38. The molecule has 2 heterocycles. The first-order valence-corrected chi connectivity index (χ1v) is 10.4. The minimum Gasteiger partial charge on any atom is -0.459 e. The number of oxazole rings is 1. The summed E-state index contributed by atoms with van der Waals surface area (Å²) < 4.78 is 11.5. The fraction of sp³-hybridized carbons (Fsp3) is 0.136. The molecule has 0 spiro atoms. The number of nitro groups is 1. The summed E-state index contributed by atoms with van der Waals surface area (Å²) in [5.74, 6) is -1.43. The van der Waals surface area contributed by atoms with E-state index in [-0.39, 0.29) is 35.9 Å². The molecule has 0 bridgehead atoms. The Kier molecular flexibility index (Phi) is 6.46. The highest BCUT2D eigenvalue weighted by atomic mass is 35.5. The number of nitrogens with one attached hydrogen (secondary N) is 2. The number of non-ortho nitro benzene ring substituents is 1. The van der Waals surface area contributed by atoms with Gasteiger partial charge < -0.3 is 19.5 Å². The Bertz CT molecular complexity index is 1440. The van der Waals surface area contributed by atoms with Crippen molar-refractivity contribution in [3.63, 3.8) is 0 Å². The molecule has 0 saturated carbocycles. The molecular formula is C22H17ClN4O7. The van der Waals surface area contributed by atoms with E-state index in [2.05, 4.69) is 10.6 Å². The average Bonchev–Trinajstić information content (AvgIpc) is 3.43. The number of rotatable bonds is 8. The first kappa shape index (κ1) is 22.8. The van der Waals surface area contributed by atoms with E-state index in [1.165, 1.54) is 41.2 Å². The predicted octanol–water partition coefficient (Wildman–Crippen LogP) is 4.42. The van der Waals surface area contributed by atoms with E-state index in [1.54, 1.807) is 18.2 Å². The van der Waals surface area contributed by atoms with Gasteiger partial charge in [-0.1, -0.05) is 11.6 Å². The average molecular weight is 485 g/mol. The van der Waals surface area contributed by atoms with E-state index in [0.29, 0.717) is 28.3 Å². The Morgan fingerprint density at radius 1 is 1.09 bits per heavy atom. The van der Waals surface area contributed by atoms with E-state index < -0.39 is 16.6 Å². The molecule has 34 heavy (non-hydrogen) atoms. The van der Waals surface area contributed by atoms with Crippen LogP contribution in [0.1, 0.15) is 23.4 Å². The maximum absolute atomic E-state index is 12.5. The fourth-order valence-corrected chi connectivity index (χ4v) is 3.48. The summed E-state index contributed by atoms with van der Waals surface area (Å²) in [6.45, 7) is 0.166. The second-order valence-electron chi connectivity index (χ2n) is 7.20. The van der Waals surface area contributed by atoms with Crippen LogP contribution in [0, 0.1) is 10.1 Å². The van der Waals surface area contributed by atoms with Crippen molar-refractivity contribution in [1.82, 2.24) is 4.57 Å². The summed E-state index contributed by atoms with van der Waals surface area (Å²) in [5.41, 5.74) is 0.942. The number of nitrogens with zero attached hydrogens (tertiary/aromatic N) is 2. The SMILES string of the molecule is O=C(CCCn1c(=O)oc2cc([N+](=O)[O-])ccc21)Nc1ccc(Cl)cc1NC(=O)c1ccco1. The Morgan fingerprint density at radius 2 is 1.91 bits per heavy atom. The molecule has 2 aromatic heterocycles. The molecule has 12 heteroatoms. The van der Waals surface area contributed by atoms with Crippen molar-refractivity contribution < 1.29 is 23.3 Å². The Morgan fingerprint density at radius 3 is 2.65 bits per heavy atom. The lowest BCUT2D eigenvalue weighted by molar-refractivity contribution is -0.384. The van der Waals surface area contributed by atoms with Gasteiger partial charge in [-0.05, 0) is 42.8 Å². The highest BCUT2D eigenvalue weighted by Crippen LogP contribution is 2.27. The molecule has 0 fully saturated rings. The quantitative estimate of drug-likeness (QED) is 0.277. The Balaban J connectivity index is 1.40. The van der Waals surface area contributed by atoms with Gasteiger partial charge in [0.1, 0.15) is 0 Å². The smallest absolute Gasteiger partial charge is 0.419 e. The topological polar surface area (TPSA) is 150 Å². The van der Waals surface area contributed by atoms with Crippen LogP contribution in [0.15, 0.2) is 68.4 Å². The normalized spacial score (nSPS) is 10.9. The number of carbonyl (C=O) groups is 2. The molecule has 0 radical (unpaired) electrons. The number of halogens is 1. The maximum Gasteiger partial charge on any atom is 0.419 e. The summed E-state index contributed by atoms with van der Waals surface area (Å²) >= 11 is 6.03. The zero-order chi connectivity index (χ0) is 24.2. The minimum absolute atomic E-state index is 0.0558. The fourth-order valence-electron chi connectivity index (χ4n) is 3.31. The first-order valence-electron chi connectivity index (χ1n) is 10.0. The molecule has 0 atom stereocenters. The van der Waals surface area contributed by atoms with Gasteiger partial charge in [0.2, 0.25) is 5.91 Å². The lowest BCUT2D eigenvalue weighted by Crippen LogP contribution is -2.18. The number of fused-ring (bicyclic) bond motifs is 1. The molecule has 0 unspecified atom stereocenters. The van der Waals surface area contributed by atoms with Gasteiger partial charge in [0.15, 0.2) is 11.3 Å². The summed E-state index contributed by atoms with van der Waals surface area (Å²) in [7, 11) is 0. The standard InChI is InChI=1S/C22H17ClN4O7/c23-13-5-7-15(16(11-13)25-21(29)18-3-2-10-33-18)24-20(28)4-1-9-26-17-8-6-14(27(31)32)12-19(17)34-22(26)30/h2-3,5-8,10-12H,1,4,9H2,(H,24,28)(H,25,29). The number of aromatic nitrogens is 1. The molecule has 0 saturated heterocycles. The van der Waals surface area contributed by atoms with Gasteiger partial charge >= 0.3 is 5.76 Å². The molecule has 0 aliphatic heterocycles. The van der Waals surface area contributed by atoms with Crippen LogP contribution in [0.4, 0.5) is 17.1 Å². The summed E-state index contributed by atoms with van der Waals surface area (Å²) in [6.07, 6.45) is 1.71. The van der Waals surface area contributed by atoms with Crippen molar-refractivity contribution in [2.24, 2.45) is 0 Å². The van der Waals surface area contributed by atoms with Crippen LogP contribution in [0.5, 0.6) is 0 Å². The first-order chi connectivity index (χ1) is 16.3. The number of amides is 2. The lowest BCUT2D eigenvalue weighted by atomic mass is 10.2. The predicted molar refractivity (Wildman–Crippen MR) is 123 cm³/mol. The van der Waals surface area contributed by atoms with E-state index >= 15 is 0 Å². The van der Waals surface area contributed by atoms with E-state index in [9.17, 15) is 24.5 Å². The molecule has 0 aliphatic rings. The monoisotopic (exact) mass is 484 g/mol. The van der Waals surface area contributed by atoms with Crippen molar-refractivity contribution in [3.05, 3.63) is 86.2 Å². The van der Waals surface area contributed by atoms with E-state index in [1.807, 2.05) is 0 Å². The highest BCUT2D eigenvalue weighted by molar-refractivity contribution is 6.31. The second-order valence-corrected chi connectivity index (χ2v) is 7.64. The van der Waals surface area contributed by atoms with Crippen molar-refractivity contribution >= 4 is 51.6 Å². The molecule has 2 aromatic carbocycles. The minimum atomic E-state index is -0.670. The number of carbonyl (C=O) groups excluding carboxylic acids is 2. The number of aryl methyl sites for hydroxylation is 1. The Labute approximate surface area is 196 Å². The van der Waals surface area contributed by atoms with Crippen molar-refractivity contribution in [3.8, 4) is 0 Å². The van der Waals surface area contributed by atoms with Crippen LogP contribution in [0.3, 0.4) is 0 Å². The zero-order valence-corrected chi connectivity index (χ0v) is 18.2. The number of nitro benzene ring substituents is 1. The number of benzene rings is 2. The van der Waals surface area contributed by atoms with Crippen LogP contribution >= 0.6 is 11.6 Å². The van der Waals surface area contributed by atoms with E-state index in [0.717, 1.165) is 0 Å². The largest absolute Gasteiger partial charge is 0.459 e. The van der Waals surface area contributed by atoms with Crippen LogP contribution in [-0.2, 0) is 11.3 Å². The summed E-state index contributed by atoms with van der Waals surface area (Å²) in [6, 6.07) is 11.6. The van der Waals surface area contributed by atoms with Crippen LogP contribution in [0.25, 0.3) is 11.1 Å². The van der Waals surface area contributed by atoms with Crippen LogP contribution < -0.4 is 16.4 Å². The maximum atomic E-state index is 12.5. The lowest BCUT2D eigenvalue weighted by Gasteiger charge is -2.12. The van der Waals surface area contributed by atoms with Gasteiger partial charge in [-0.15, -0.1) is 0 Å². The molecule has 11 nitrogen and oxygen atoms in total. The third-order valence-corrected chi connectivity index (χ3v) is 5.13. The van der Waals surface area contributed by atoms with Crippen molar-refractivity contribution in [1.29, 1.82) is 0 Å². The zero-order valence-electron chi connectivity index (χ0n) is 17.4. The number of hydrogen-bond donors (Lipinski definition) is 2. The van der Waals surface area contributed by atoms with Gasteiger partial charge in [-0.3, -0.25) is 24.3 Å².